The zero-order chi connectivity index (χ0) is 9.26. The maximum absolute atomic E-state index is 3.51. The van der Waals surface area contributed by atoms with Crippen molar-refractivity contribution in [2.24, 2.45) is 11.8 Å². The Kier molecular flexibility index (Phi) is 3.17. The van der Waals surface area contributed by atoms with Crippen molar-refractivity contribution >= 4 is 11.8 Å². The van der Waals surface area contributed by atoms with Crippen molar-refractivity contribution in [1.82, 2.24) is 10.2 Å². The van der Waals surface area contributed by atoms with Crippen molar-refractivity contribution in [3.05, 3.63) is 0 Å². The Labute approximate surface area is 85.4 Å². The average Bonchev–Trinajstić information content (AvgIpc) is 2.15. The Balaban J connectivity index is 2.03. The third-order valence-corrected chi connectivity index (χ3v) is 4.77. The van der Waals surface area contributed by atoms with Crippen LogP contribution in [0.15, 0.2) is 0 Å². The Bertz CT molecular complexity index is 160. The molecule has 76 valence electrons. The van der Waals surface area contributed by atoms with Gasteiger partial charge in [-0.3, -0.25) is 0 Å². The smallest absolute Gasteiger partial charge is 0.0161 e. The average molecular weight is 200 g/mol. The van der Waals surface area contributed by atoms with E-state index in [4.69, 9.17) is 0 Å². The third kappa shape index (κ3) is 1.88. The molecule has 0 aromatic carbocycles. The van der Waals surface area contributed by atoms with Crippen molar-refractivity contribution in [1.29, 1.82) is 0 Å². The quantitative estimate of drug-likeness (QED) is 0.713. The zero-order valence-electron chi connectivity index (χ0n) is 8.62. The van der Waals surface area contributed by atoms with Gasteiger partial charge in [-0.2, -0.15) is 11.8 Å². The molecule has 0 spiro atoms. The zero-order valence-corrected chi connectivity index (χ0v) is 9.44. The molecule has 2 saturated heterocycles. The lowest BCUT2D eigenvalue weighted by Gasteiger charge is -2.46. The van der Waals surface area contributed by atoms with Gasteiger partial charge < -0.3 is 10.2 Å². The first-order valence-electron chi connectivity index (χ1n) is 5.32. The molecule has 2 fully saturated rings. The molecule has 13 heavy (non-hydrogen) atoms. The summed E-state index contributed by atoms with van der Waals surface area (Å²) in [5.41, 5.74) is 0. The van der Waals surface area contributed by atoms with Crippen LogP contribution in [0.3, 0.4) is 0 Å². The van der Waals surface area contributed by atoms with E-state index < -0.39 is 0 Å². The monoisotopic (exact) mass is 200 g/mol. The number of likely N-dealkylation sites (tertiary alicyclic amines) is 1. The highest BCUT2D eigenvalue weighted by Gasteiger charge is 2.38. The number of nitrogens with one attached hydrogen (secondary N) is 1. The van der Waals surface area contributed by atoms with E-state index in [1.807, 2.05) is 0 Å². The van der Waals surface area contributed by atoms with Crippen molar-refractivity contribution in [2.75, 3.05) is 38.2 Å². The molecule has 2 aliphatic heterocycles. The van der Waals surface area contributed by atoms with Gasteiger partial charge in [0.15, 0.2) is 0 Å². The molecule has 3 heteroatoms. The number of thioether (sulfide) groups is 1. The largest absolute Gasteiger partial charge is 0.316 e. The standard InChI is InChI=1S/C10H20N2S/c1-3-12-4-8-6-13-7-9(5-12)10(8)11-2/h8-11H,3-7H2,1-2H3. The lowest BCUT2D eigenvalue weighted by molar-refractivity contribution is 0.109. The molecular weight excluding hydrogens is 180 g/mol. The van der Waals surface area contributed by atoms with Crippen molar-refractivity contribution in [3.63, 3.8) is 0 Å². The predicted molar refractivity (Wildman–Crippen MR) is 59.3 cm³/mol. The van der Waals surface area contributed by atoms with Gasteiger partial charge in [-0.1, -0.05) is 6.92 Å². The number of hydrogen-bond donors (Lipinski definition) is 1. The van der Waals surface area contributed by atoms with Gasteiger partial charge in [-0.05, 0) is 36.9 Å². The lowest BCUT2D eigenvalue weighted by atomic mass is 9.85. The molecular formula is C10H20N2S. The fraction of sp³-hybridized carbons (Fsp3) is 1.00. The highest BCUT2D eigenvalue weighted by molar-refractivity contribution is 7.99. The predicted octanol–water partition coefficient (Wildman–Crippen LogP) is 0.889. The van der Waals surface area contributed by atoms with Gasteiger partial charge in [-0.25, -0.2) is 0 Å². The van der Waals surface area contributed by atoms with Gasteiger partial charge in [0.25, 0.3) is 0 Å². The second-order valence-corrected chi connectivity index (χ2v) is 5.30. The van der Waals surface area contributed by atoms with Crippen LogP contribution in [-0.2, 0) is 0 Å². The van der Waals surface area contributed by atoms with Crippen LogP contribution in [-0.4, -0.2) is 49.1 Å². The Morgan fingerprint density at radius 1 is 1.31 bits per heavy atom. The van der Waals surface area contributed by atoms with E-state index in [1.165, 1.54) is 31.1 Å². The van der Waals surface area contributed by atoms with Gasteiger partial charge in [0.2, 0.25) is 0 Å². The summed E-state index contributed by atoms with van der Waals surface area (Å²) in [6, 6.07) is 0.795. The van der Waals surface area contributed by atoms with E-state index in [9.17, 15) is 0 Å². The first kappa shape index (κ1) is 9.81. The number of hydrogen-bond acceptors (Lipinski definition) is 3. The second kappa shape index (κ2) is 4.20. The van der Waals surface area contributed by atoms with E-state index in [0.717, 1.165) is 17.9 Å². The molecule has 2 aliphatic rings. The molecule has 2 rings (SSSR count). The summed E-state index contributed by atoms with van der Waals surface area (Å²) < 4.78 is 0. The number of rotatable bonds is 2. The molecule has 0 saturated carbocycles. The van der Waals surface area contributed by atoms with Gasteiger partial charge in [0.1, 0.15) is 0 Å². The molecule has 2 atom stereocenters. The van der Waals surface area contributed by atoms with Crippen molar-refractivity contribution in [2.45, 2.75) is 13.0 Å². The maximum atomic E-state index is 3.51. The molecule has 0 aromatic rings. The third-order valence-electron chi connectivity index (χ3n) is 3.45. The van der Waals surface area contributed by atoms with Crippen LogP contribution in [0.25, 0.3) is 0 Å². The number of piperidine rings is 1. The summed E-state index contributed by atoms with van der Waals surface area (Å²) in [6.07, 6.45) is 0. The second-order valence-electron chi connectivity index (χ2n) is 4.22. The minimum absolute atomic E-state index is 0.795. The summed E-state index contributed by atoms with van der Waals surface area (Å²) in [6.45, 7) is 6.13. The topological polar surface area (TPSA) is 15.3 Å². The molecule has 2 bridgehead atoms. The van der Waals surface area contributed by atoms with Crippen LogP contribution in [0.5, 0.6) is 0 Å². The van der Waals surface area contributed by atoms with E-state index >= 15 is 0 Å². The van der Waals surface area contributed by atoms with Crippen LogP contribution < -0.4 is 5.32 Å². The Morgan fingerprint density at radius 3 is 2.38 bits per heavy atom. The first-order valence-corrected chi connectivity index (χ1v) is 6.48. The van der Waals surface area contributed by atoms with Crippen LogP contribution >= 0.6 is 11.8 Å². The Morgan fingerprint density at radius 2 is 1.92 bits per heavy atom. The minimum Gasteiger partial charge on any atom is -0.316 e. The number of fused-ring (bicyclic) bond motifs is 2. The highest BCUT2D eigenvalue weighted by atomic mass is 32.2. The normalized spacial score (nSPS) is 40.6. The van der Waals surface area contributed by atoms with Crippen LogP contribution in [0.1, 0.15) is 6.92 Å². The number of nitrogens with zero attached hydrogens (tertiary/aromatic N) is 1. The molecule has 2 nitrogen and oxygen atoms in total. The van der Waals surface area contributed by atoms with Gasteiger partial charge in [0, 0.05) is 19.1 Å². The maximum Gasteiger partial charge on any atom is 0.0161 e. The summed E-state index contributed by atoms with van der Waals surface area (Å²) >= 11 is 2.15. The van der Waals surface area contributed by atoms with Crippen molar-refractivity contribution in [3.8, 4) is 0 Å². The molecule has 2 unspecified atom stereocenters. The van der Waals surface area contributed by atoms with E-state index in [-0.39, 0.29) is 0 Å². The van der Waals surface area contributed by atoms with Crippen molar-refractivity contribution < 1.29 is 0 Å². The SMILES string of the molecule is CCN1CC2CSCC(C1)C2NC. The van der Waals surface area contributed by atoms with Crippen LogP contribution in [0, 0.1) is 11.8 Å². The lowest BCUT2D eigenvalue weighted by Crippen LogP contribution is -2.57. The van der Waals surface area contributed by atoms with E-state index in [1.54, 1.807) is 0 Å². The fourth-order valence-electron chi connectivity index (χ4n) is 2.76. The summed E-state index contributed by atoms with van der Waals surface area (Å²) in [5, 5.41) is 3.51. The summed E-state index contributed by atoms with van der Waals surface area (Å²) in [7, 11) is 2.13. The minimum atomic E-state index is 0.795. The molecule has 1 N–H and O–H groups in total. The molecule has 0 amide bonds. The molecule has 0 aliphatic carbocycles. The molecule has 0 radical (unpaired) electrons. The van der Waals surface area contributed by atoms with Gasteiger partial charge in [-0.15, -0.1) is 0 Å². The Hall–Kier alpha value is 0.270. The highest BCUT2D eigenvalue weighted by Crippen LogP contribution is 2.32. The van der Waals surface area contributed by atoms with Gasteiger partial charge in [0.05, 0.1) is 0 Å². The molecule has 2 heterocycles. The molecule has 0 aromatic heterocycles. The van der Waals surface area contributed by atoms with E-state index in [0.29, 0.717) is 0 Å². The van der Waals surface area contributed by atoms with E-state index in [2.05, 4.69) is 35.9 Å². The summed E-state index contributed by atoms with van der Waals surface area (Å²) in [5.74, 6) is 4.50. The van der Waals surface area contributed by atoms with Crippen LogP contribution in [0.2, 0.25) is 0 Å². The van der Waals surface area contributed by atoms with Gasteiger partial charge >= 0.3 is 0 Å². The summed E-state index contributed by atoms with van der Waals surface area (Å²) in [4.78, 5) is 2.61. The van der Waals surface area contributed by atoms with Crippen LogP contribution in [0.4, 0.5) is 0 Å². The first-order chi connectivity index (χ1) is 6.35. The fourth-order valence-corrected chi connectivity index (χ4v) is 4.13.